The molecule has 2 fully saturated rings. The van der Waals surface area contributed by atoms with E-state index in [1.807, 2.05) is 9.80 Å². The third-order valence-corrected chi connectivity index (χ3v) is 4.95. The molecule has 114 valence electrons. The van der Waals surface area contributed by atoms with E-state index < -0.39 is 0 Å². The van der Waals surface area contributed by atoms with E-state index in [0.29, 0.717) is 19.0 Å². The van der Waals surface area contributed by atoms with E-state index in [0.717, 1.165) is 39.0 Å². The van der Waals surface area contributed by atoms with Crippen LogP contribution >= 0.6 is 0 Å². The van der Waals surface area contributed by atoms with Gasteiger partial charge >= 0.3 is 0 Å². The van der Waals surface area contributed by atoms with Crippen molar-refractivity contribution >= 4 is 11.8 Å². The van der Waals surface area contributed by atoms with Crippen molar-refractivity contribution in [1.29, 1.82) is 0 Å². The monoisotopic (exact) mass is 281 g/mol. The molecule has 1 unspecified atom stereocenters. The lowest BCUT2D eigenvalue weighted by atomic mass is 9.75. The van der Waals surface area contributed by atoms with E-state index >= 15 is 0 Å². The Hall–Kier alpha value is -1.10. The van der Waals surface area contributed by atoms with Gasteiger partial charge in [0.15, 0.2) is 0 Å². The van der Waals surface area contributed by atoms with Crippen LogP contribution in [0, 0.1) is 11.3 Å². The van der Waals surface area contributed by atoms with Crippen LogP contribution in [-0.4, -0.2) is 60.9 Å². The zero-order chi connectivity index (χ0) is 14.8. The molecule has 2 aliphatic heterocycles. The molecule has 2 aliphatic rings. The summed E-state index contributed by atoms with van der Waals surface area (Å²) in [5, 5.41) is 3.35. The molecule has 1 N–H and O–H groups in total. The average Bonchev–Trinajstić information content (AvgIpc) is 2.77. The van der Waals surface area contributed by atoms with Gasteiger partial charge < -0.3 is 15.1 Å². The van der Waals surface area contributed by atoms with Gasteiger partial charge in [-0.3, -0.25) is 9.59 Å². The number of hydrogen-bond donors (Lipinski definition) is 1. The number of nitrogens with zero attached hydrogens (tertiary/aromatic N) is 2. The maximum absolute atomic E-state index is 13.0. The third kappa shape index (κ3) is 2.82. The van der Waals surface area contributed by atoms with E-state index in [2.05, 4.69) is 19.2 Å². The molecular weight excluding hydrogens is 254 g/mol. The van der Waals surface area contributed by atoms with Crippen LogP contribution in [0.4, 0.5) is 0 Å². The molecule has 2 rings (SSSR count). The Morgan fingerprint density at radius 3 is 2.30 bits per heavy atom. The van der Waals surface area contributed by atoms with Crippen molar-refractivity contribution in [2.24, 2.45) is 11.3 Å². The Bertz CT molecular complexity index is 375. The first-order valence-corrected chi connectivity index (χ1v) is 7.73. The van der Waals surface area contributed by atoms with Crippen molar-refractivity contribution < 1.29 is 9.59 Å². The lowest BCUT2D eigenvalue weighted by Crippen LogP contribution is -2.49. The summed E-state index contributed by atoms with van der Waals surface area (Å²) in [6.07, 6.45) is 1.81. The molecule has 0 spiro atoms. The summed E-state index contributed by atoms with van der Waals surface area (Å²) in [6, 6.07) is 0. The average molecular weight is 281 g/mol. The van der Waals surface area contributed by atoms with Crippen LogP contribution in [-0.2, 0) is 9.59 Å². The summed E-state index contributed by atoms with van der Waals surface area (Å²) < 4.78 is 0. The van der Waals surface area contributed by atoms with Gasteiger partial charge in [-0.25, -0.2) is 0 Å². The molecule has 1 atom stereocenters. The molecule has 0 aromatic rings. The fourth-order valence-corrected chi connectivity index (χ4v) is 3.38. The van der Waals surface area contributed by atoms with Crippen LogP contribution < -0.4 is 5.32 Å². The van der Waals surface area contributed by atoms with Crippen LogP contribution in [0.5, 0.6) is 0 Å². The van der Waals surface area contributed by atoms with Crippen molar-refractivity contribution in [3.8, 4) is 0 Å². The van der Waals surface area contributed by atoms with Crippen molar-refractivity contribution in [2.75, 3.05) is 39.3 Å². The number of rotatable bonds is 2. The number of hydrogen-bond acceptors (Lipinski definition) is 3. The normalized spacial score (nSPS) is 27.8. The maximum atomic E-state index is 13.0. The number of nitrogens with one attached hydrogen (secondary N) is 1. The van der Waals surface area contributed by atoms with Gasteiger partial charge in [0, 0.05) is 39.6 Å². The predicted octanol–water partition coefficient (Wildman–Crippen LogP) is 0.703. The highest BCUT2D eigenvalue weighted by Gasteiger charge is 2.46. The van der Waals surface area contributed by atoms with Crippen LogP contribution in [0.25, 0.3) is 0 Å². The van der Waals surface area contributed by atoms with Gasteiger partial charge in [-0.05, 0) is 25.3 Å². The van der Waals surface area contributed by atoms with E-state index in [9.17, 15) is 9.59 Å². The van der Waals surface area contributed by atoms with Gasteiger partial charge in [0.1, 0.15) is 0 Å². The fourth-order valence-electron chi connectivity index (χ4n) is 3.38. The number of amides is 2. The smallest absolute Gasteiger partial charge is 0.230 e. The Balaban J connectivity index is 2.07. The topological polar surface area (TPSA) is 52.7 Å². The molecule has 20 heavy (non-hydrogen) atoms. The van der Waals surface area contributed by atoms with Gasteiger partial charge in [0.2, 0.25) is 11.8 Å². The second-order valence-electron chi connectivity index (χ2n) is 6.39. The molecule has 0 aliphatic carbocycles. The minimum Gasteiger partial charge on any atom is -0.341 e. The van der Waals surface area contributed by atoms with Crippen LogP contribution in [0.3, 0.4) is 0 Å². The van der Waals surface area contributed by atoms with Crippen molar-refractivity contribution in [1.82, 2.24) is 15.1 Å². The lowest BCUT2D eigenvalue weighted by molar-refractivity contribution is -0.144. The highest BCUT2D eigenvalue weighted by molar-refractivity contribution is 5.84. The number of carbonyl (C=O) groups is 2. The molecule has 2 heterocycles. The van der Waals surface area contributed by atoms with Gasteiger partial charge in [-0.2, -0.15) is 0 Å². The van der Waals surface area contributed by atoms with Gasteiger partial charge in [-0.1, -0.05) is 13.8 Å². The van der Waals surface area contributed by atoms with Crippen LogP contribution in [0.1, 0.15) is 33.6 Å². The molecule has 0 bridgehead atoms. The predicted molar refractivity (Wildman–Crippen MR) is 78.2 cm³/mol. The zero-order valence-corrected chi connectivity index (χ0v) is 12.9. The van der Waals surface area contributed by atoms with Gasteiger partial charge in [-0.15, -0.1) is 0 Å². The van der Waals surface area contributed by atoms with Crippen molar-refractivity contribution in [3.63, 3.8) is 0 Å². The van der Waals surface area contributed by atoms with Gasteiger partial charge in [0.25, 0.3) is 0 Å². The van der Waals surface area contributed by atoms with E-state index in [1.165, 1.54) is 0 Å². The third-order valence-electron chi connectivity index (χ3n) is 4.95. The molecule has 5 heteroatoms. The summed E-state index contributed by atoms with van der Waals surface area (Å²) in [5.74, 6) is 0.737. The first kappa shape index (κ1) is 15.3. The molecule has 0 radical (unpaired) electrons. The van der Waals surface area contributed by atoms with E-state index in [4.69, 9.17) is 0 Å². The molecule has 0 aromatic heterocycles. The largest absolute Gasteiger partial charge is 0.341 e. The van der Waals surface area contributed by atoms with E-state index in [1.54, 1.807) is 6.92 Å². The molecule has 2 amide bonds. The number of carbonyl (C=O) groups excluding carboxylic acids is 2. The summed E-state index contributed by atoms with van der Waals surface area (Å²) in [7, 11) is 0. The van der Waals surface area contributed by atoms with Crippen LogP contribution in [0.15, 0.2) is 0 Å². The summed E-state index contributed by atoms with van der Waals surface area (Å²) in [6.45, 7) is 10.5. The highest BCUT2D eigenvalue weighted by atomic mass is 16.2. The standard InChI is InChI=1S/C15H27N3O2/c1-12(2)15(5-6-16-11-15)14(20)18-8-4-7-17(9-10-18)13(3)19/h12,16H,4-11H2,1-3H3. The first-order valence-electron chi connectivity index (χ1n) is 7.73. The van der Waals surface area contributed by atoms with E-state index in [-0.39, 0.29) is 17.2 Å². The molecule has 2 saturated heterocycles. The molecular formula is C15H27N3O2. The minimum absolute atomic E-state index is 0.111. The summed E-state index contributed by atoms with van der Waals surface area (Å²) in [4.78, 5) is 28.3. The Kier molecular flexibility index (Phi) is 4.68. The highest BCUT2D eigenvalue weighted by Crippen LogP contribution is 2.36. The lowest BCUT2D eigenvalue weighted by Gasteiger charge is -2.36. The van der Waals surface area contributed by atoms with Crippen molar-refractivity contribution in [3.05, 3.63) is 0 Å². The SMILES string of the molecule is CC(=O)N1CCCN(C(=O)C2(C(C)C)CCNC2)CC1. The molecule has 0 saturated carbocycles. The Morgan fingerprint density at radius 1 is 1.10 bits per heavy atom. The molecule has 5 nitrogen and oxygen atoms in total. The second-order valence-corrected chi connectivity index (χ2v) is 6.39. The Labute approximate surface area is 121 Å². The maximum Gasteiger partial charge on any atom is 0.230 e. The Morgan fingerprint density at radius 2 is 1.75 bits per heavy atom. The fraction of sp³-hybridized carbons (Fsp3) is 0.867. The summed E-state index contributed by atoms with van der Waals surface area (Å²) >= 11 is 0. The summed E-state index contributed by atoms with van der Waals surface area (Å²) in [5.41, 5.74) is -0.245. The molecule has 0 aromatic carbocycles. The quantitative estimate of drug-likeness (QED) is 0.811. The zero-order valence-electron chi connectivity index (χ0n) is 12.9. The first-order chi connectivity index (χ1) is 9.47. The van der Waals surface area contributed by atoms with Gasteiger partial charge in [0.05, 0.1) is 5.41 Å². The minimum atomic E-state index is -0.245. The van der Waals surface area contributed by atoms with Crippen LogP contribution in [0.2, 0.25) is 0 Å². The van der Waals surface area contributed by atoms with Crippen molar-refractivity contribution in [2.45, 2.75) is 33.6 Å². The second kappa shape index (κ2) is 6.12.